The second-order valence-corrected chi connectivity index (χ2v) is 4.87. The molecular formula is C6H2Cl4OS. The van der Waals surface area contributed by atoms with Crippen molar-refractivity contribution in [3.63, 3.8) is 0 Å². The van der Waals surface area contributed by atoms with Crippen LogP contribution in [0.2, 0.25) is 15.1 Å². The summed E-state index contributed by atoms with van der Waals surface area (Å²) in [5.74, 6) is 0. The molecule has 1 rings (SSSR count). The van der Waals surface area contributed by atoms with Gasteiger partial charge in [0.15, 0.2) is 0 Å². The molecular weight excluding hydrogens is 262 g/mol. The molecule has 1 unspecified atom stereocenters. The van der Waals surface area contributed by atoms with Crippen LogP contribution in [0.5, 0.6) is 0 Å². The van der Waals surface area contributed by atoms with Gasteiger partial charge in [-0.05, 0) is 22.8 Å². The highest BCUT2D eigenvalue weighted by Crippen LogP contribution is 2.31. The zero-order valence-electron chi connectivity index (χ0n) is 5.48. The number of benzene rings is 1. The van der Waals surface area contributed by atoms with Crippen LogP contribution in [-0.4, -0.2) is 4.21 Å². The molecule has 0 fully saturated rings. The van der Waals surface area contributed by atoms with Gasteiger partial charge in [0, 0.05) is 0 Å². The van der Waals surface area contributed by atoms with E-state index < -0.39 is 10.0 Å². The second-order valence-electron chi connectivity index (χ2n) is 1.92. The lowest BCUT2D eigenvalue weighted by Gasteiger charge is -2.00. The molecule has 1 aromatic carbocycles. The highest BCUT2D eigenvalue weighted by atomic mass is 35.7. The van der Waals surface area contributed by atoms with E-state index in [1.807, 2.05) is 0 Å². The van der Waals surface area contributed by atoms with E-state index in [0.717, 1.165) is 0 Å². The molecule has 0 bridgehead atoms. The van der Waals surface area contributed by atoms with Crippen LogP contribution in [0, 0.1) is 0 Å². The first-order chi connectivity index (χ1) is 5.52. The molecule has 1 nitrogen and oxygen atoms in total. The lowest BCUT2D eigenvalue weighted by molar-refractivity contribution is 0.691. The summed E-state index contributed by atoms with van der Waals surface area (Å²) in [6.07, 6.45) is 0. The van der Waals surface area contributed by atoms with Gasteiger partial charge in [-0.1, -0.05) is 34.8 Å². The zero-order valence-corrected chi connectivity index (χ0v) is 9.32. The van der Waals surface area contributed by atoms with Crippen molar-refractivity contribution in [3.05, 3.63) is 27.2 Å². The summed E-state index contributed by atoms with van der Waals surface area (Å²) in [6.45, 7) is 0. The average molecular weight is 264 g/mol. The molecule has 0 aliphatic carbocycles. The van der Waals surface area contributed by atoms with E-state index in [9.17, 15) is 4.21 Å². The Morgan fingerprint density at radius 3 is 2.00 bits per heavy atom. The van der Waals surface area contributed by atoms with Gasteiger partial charge in [0.05, 0.1) is 20.0 Å². The molecule has 0 heterocycles. The number of halogens is 4. The summed E-state index contributed by atoms with van der Waals surface area (Å²) >= 11 is 17.0. The summed E-state index contributed by atoms with van der Waals surface area (Å²) in [7, 11) is 3.66. The van der Waals surface area contributed by atoms with E-state index in [0.29, 0.717) is 5.02 Å². The standard InChI is InChI=1S/C6H2Cl4OS/c7-3-1-5(9)6(12(10)11)2-4(3)8/h1-2H. The van der Waals surface area contributed by atoms with Crippen LogP contribution in [0.25, 0.3) is 0 Å². The summed E-state index contributed by atoms with van der Waals surface area (Å²) in [5.41, 5.74) is 0. The third-order valence-electron chi connectivity index (χ3n) is 1.15. The van der Waals surface area contributed by atoms with Crippen LogP contribution in [-0.2, 0) is 10.0 Å². The van der Waals surface area contributed by atoms with Crippen molar-refractivity contribution in [2.45, 2.75) is 4.90 Å². The van der Waals surface area contributed by atoms with Crippen molar-refractivity contribution >= 4 is 55.5 Å². The molecule has 0 saturated heterocycles. The van der Waals surface area contributed by atoms with Crippen molar-refractivity contribution in [1.29, 1.82) is 0 Å². The molecule has 6 heteroatoms. The van der Waals surface area contributed by atoms with Crippen LogP contribution < -0.4 is 0 Å². The highest BCUT2D eigenvalue weighted by molar-refractivity contribution is 8.08. The first kappa shape index (κ1) is 10.6. The van der Waals surface area contributed by atoms with Gasteiger partial charge in [-0.25, -0.2) is 4.21 Å². The Morgan fingerprint density at radius 2 is 1.50 bits per heavy atom. The Kier molecular flexibility index (Phi) is 3.68. The Morgan fingerprint density at radius 1 is 1.00 bits per heavy atom. The van der Waals surface area contributed by atoms with Crippen LogP contribution in [0.4, 0.5) is 0 Å². The van der Waals surface area contributed by atoms with Gasteiger partial charge >= 0.3 is 0 Å². The fourth-order valence-corrected chi connectivity index (χ4v) is 2.37. The van der Waals surface area contributed by atoms with Crippen LogP contribution in [0.1, 0.15) is 0 Å². The highest BCUT2D eigenvalue weighted by Gasteiger charge is 2.09. The van der Waals surface area contributed by atoms with Crippen LogP contribution in [0.15, 0.2) is 17.0 Å². The van der Waals surface area contributed by atoms with Crippen LogP contribution in [0.3, 0.4) is 0 Å². The number of hydrogen-bond donors (Lipinski definition) is 0. The van der Waals surface area contributed by atoms with Crippen molar-refractivity contribution in [1.82, 2.24) is 0 Å². The van der Waals surface area contributed by atoms with Crippen molar-refractivity contribution in [3.8, 4) is 0 Å². The van der Waals surface area contributed by atoms with E-state index in [1.165, 1.54) is 12.1 Å². The molecule has 0 aliphatic heterocycles. The fourth-order valence-electron chi connectivity index (χ4n) is 0.627. The second kappa shape index (κ2) is 4.16. The Labute approximate surface area is 91.5 Å². The molecule has 0 aromatic heterocycles. The first-order valence-corrected chi connectivity index (χ1v) is 5.86. The molecule has 1 atom stereocenters. The van der Waals surface area contributed by atoms with Gasteiger partial charge in [-0.3, -0.25) is 0 Å². The summed E-state index contributed by atoms with van der Waals surface area (Å²) in [6, 6.07) is 2.79. The third kappa shape index (κ3) is 2.27. The maximum absolute atomic E-state index is 10.8. The van der Waals surface area contributed by atoms with Gasteiger partial charge < -0.3 is 0 Å². The molecule has 0 saturated carbocycles. The fraction of sp³-hybridized carbons (Fsp3) is 0. The molecule has 1 aromatic rings. The minimum atomic E-state index is -1.66. The van der Waals surface area contributed by atoms with Gasteiger partial charge in [0.1, 0.15) is 10.0 Å². The normalized spacial score (nSPS) is 13.0. The molecule has 12 heavy (non-hydrogen) atoms. The Bertz CT molecular complexity index is 339. The molecule has 0 N–H and O–H groups in total. The smallest absolute Gasteiger partial charge is 0.149 e. The minimum Gasteiger partial charge on any atom is -0.237 e. The predicted octanol–water partition coefficient (Wildman–Crippen LogP) is 3.91. The first-order valence-electron chi connectivity index (χ1n) is 2.75. The summed E-state index contributed by atoms with van der Waals surface area (Å²) in [5, 5.41) is 0.843. The zero-order chi connectivity index (χ0) is 9.30. The Balaban J connectivity index is 3.33. The molecule has 0 radical (unpaired) electrons. The summed E-state index contributed by atoms with van der Waals surface area (Å²) < 4.78 is 10.8. The predicted molar refractivity (Wildman–Crippen MR) is 53.7 cm³/mol. The molecule has 0 amide bonds. The molecule has 0 spiro atoms. The van der Waals surface area contributed by atoms with E-state index in [4.69, 9.17) is 45.5 Å². The minimum absolute atomic E-state index is 0.248. The summed E-state index contributed by atoms with van der Waals surface area (Å²) in [4.78, 5) is 0.271. The van der Waals surface area contributed by atoms with E-state index in [1.54, 1.807) is 0 Å². The van der Waals surface area contributed by atoms with Crippen LogP contribution >= 0.6 is 45.5 Å². The number of rotatable bonds is 1. The molecule has 66 valence electrons. The maximum Gasteiger partial charge on any atom is 0.149 e. The lowest BCUT2D eigenvalue weighted by Crippen LogP contribution is -1.84. The van der Waals surface area contributed by atoms with Gasteiger partial charge in [0.2, 0.25) is 0 Å². The topological polar surface area (TPSA) is 17.1 Å². The SMILES string of the molecule is O=S(Cl)c1cc(Cl)c(Cl)cc1Cl. The molecule has 0 aliphatic rings. The van der Waals surface area contributed by atoms with Crippen molar-refractivity contribution < 1.29 is 4.21 Å². The quantitative estimate of drug-likeness (QED) is 0.555. The van der Waals surface area contributed by atoms with Gasteiger partial charge in [-0.15, -0.1) is 0 Å². The Hall–Kier alpha value is 0.530. The maximum atomic E-state index is 10.8. The third-order valence-corrected chi connectivity index (χ3v) is 3.48. The number of hydrogen-bond acceptors (Lipinski definition) is 1. The van der Waals surface area contributed by atoms with Gasteiger partial charge in [-0.2, -0.15) is 0 Å². The van der Waals surface area contributed by atoms with Crippen molar-refractivity contribution in [2.24, 2.45) is 0 Å². The van der Waals surface area contributed by atoms with Gasteiger partial charge in [0.25, 0.3) is 0 Å². The largest absolute Gasteiger partial charge is 0.237 e. The lowest BCUT2D eigenvalue weighted by atomic mass is 10.4. The van der Waals surface area contributed by atoms with E-state index in [-0.39, 0.29) is 14.9 Å². The monoisotopic (exact) mass is 262 g/mol. The van der Waals surface area contributed by atoms with E-state index in [2.05, 4.69) is 0 Å². The van der Waals surface area contributed by atoms with E-state index >= 15 is 0 Å². The van der Waals surface area contributed by atoms with Crippen molar-refractivity contribution in [2.75, 3.05) is 0 Å². The average Bonchev–Trinajstić information content (AvgIpc) is 1.96.